The Labute approximate surface area is 97.6 Å². The van der Waals surface area contributed by atoms with Gasteiger partial charge in [-0.2, -0.15) is 8.75 Å². The van der Waals surface area contributed by atoms with Crippen LogP contribution in [0.3, 0.4) is 0 Å². The topological polar surface area (TPSA) is 29.0 Å². The zero-order valence-electron chi connectivity index (χ0n) is 8.44. The van der Waals surface area contributed by atoms with E-state index in [0.29, 0.717) is 5.15 Å². The van der Waals surface area contributed by atoms with Crippen molar-refractivity contribution in [3.63, 3.8) is 0 Å². The van der Waals surface area contributed by atoms with Gasteiger partial charge in [-0.05, 0) is 12.1 Å². The summed E-state index contributed by atoms with van der Waals surface area (Å²) in [5, 5.41) is 0.470. The van der Waals surface area contributed by atoms with Gasteiger partial charge < -0.3 is 4.90 Å². The van der Waals surface area contributed by atoms with E-state index in [4.69, 9.17) is 11.6 Å². The quantitative estimate of drug-likeness (QED) is 0.807. The lowest BCUT2D eigenvalue weighted by atomic mass is 10.1. The summed E-state index contributed by atoms with van der Waals surface area (Å²) in [6, 6.07) is 8.06. The highest BCUT2D eigenvalue weighted by atomic mass is 35.5. The van der Waals surface area contributed by atoms with E-state index in [2.05, 4.69) is 8.75 Å². The van der Waals surface area contributed by atoms with Crippen molar-refractivity contribution in [3.05, 3.63) is 29.4 Å². The fourth-order valence-corrected chi connectivity index (χ4v) is 2.03. The summed E-state index contributed by atoms with van der Waals surface area (Å²) in [4.78, 5) is 2.05. The summed E-state index contributed by atoms with van der Waals surface area (Å²) < 4.78 is 8.08. The van der Waals surface area contributed by atoms with Crippen LogP contribution in [0.5, 0.6) is 0 Å². The number of rotatable bonds is 2. The highest BCUT2D eigenvalue weighted by Crippen LogP contribution is 2.26. The second kappa shape index (κ2) is 4.16. The number of halogens is 1. The Bertz CT molecular complexity index is 450. The van der Waals surface area contributed by atoms with Gasteiger partial charge in [0.25, 0.3) is 0 Å². The molecule has 0 N–H and O–H groups in total. The lowest BCUT2D eigenvalue weighted by Crippen LogP contribution is -2.07. The summed E-state index contributed by atoms with van der Waals surface area (Å²) >= 11 is 7.03. The fraction of sp³-hybridized carbons (Fsp3) is 0.200. The van der Waals surface area contributed by atoms with E-state index in [0.717, 1.165) is 28.7 Å². The normalized spacial score (nSPS) is 10.3. The van der Waals surface area contributed by atoms with Crippen LogP contribution in [0.15, 0.2) is 24.3 Å². The van der Waals surface area contributed by atoms with Gasteiger partial charge in [-0.25, -0.2) is 0 Å². The van der Waals surface area contributed by atoms with Gasteiger partial charge in [0.15, 0.2) is 5.15 Å². The van der Waals surface area contributed by atoms with Crippen molar-refractivity contribution in [1.29, 1.82) is 0 Å². The lowest BCUT2D eigenvalue weighted by Gasteiger charge is -2.12. The molecule has 0 aliphatic heterocycles. The molecule has 0 fully saturated rings. The Kier molecular flexibility index (Phi) is 2.88. The minimum Gasteiger partial charge on any atom is -0.378 e. The van der Waals surface area contributed by atoms with Gasteiger partial charge >= 0.3 is 0 Å². The van der Waals surface area contributed by atoms with Gasteiger partial charge in [0.2, 0.25) is 0 Å². The summed E-state index contributed by atoms with van der Waals surface area (Å²) in [6.07, 6.45) is 0. The molecule has 0 amide bonds. The summed E-state index contributed by atoms with van der Waals surface area (Å²) in [5.41, 5.74) is 2.91. The summed E-state index contributed by atoms with van der Waals surface area (Å²) in [5.74, 6) is 0. The Morgan fingerprint density at radius 1 is 1.13 bits per heavy atom. The number of aromatic nitrogens is 2. The first-order valence-electron chi connectivity index (χ1n) is 4.44. The largest absolute Gasteiger partial charge is 0.378 e. The molecule has 0 atom stereocenters. The van der Waals surface area contributed by atoms with E-state index in [9.17, 15) is 0 Å². The molecule has 0 radical (unpaired) electrons. The van der Waals surface area contributed by atoms with Crippen molar-refractivity contribution < 1.29 is 0 Å². The fourth-order valence-electron chi connectivity index (χ4n) is 1.27. The Morgan fingerprint density at radius 3 is 2.27 bits per heavy atom. The molecule has 0 bridgehead atoms. The van der Waals surface area contributed by atoms with Gasteiger partial charge in [-0.1, -0.05) is 23.7 Å². The third kappa shape index (κ3) is 2.11. The number of hydrogen-bond donors (Lipinski definition) is 0. The molecule has 0 unspecified atom stereocenters. The second-order valence-electron chi connectivity index (χ2n) is 3.34. The van der Waals surface area contributed by atoms with Gasteiger partial charge in [-0.15, -0.1) is 0 Å². The van der Waals surface area contributed by atoms with Crippen LogP contribution in [-0.2, 0) is 0 Å². The smallest absolute Gasteiger partial charge is 0.170 e. The number of benzene rings is 1. The Morgan fingerprint density at radius 2 is 1.80 bits per heavy atom. The second-order valence-corrected chi connectivity index (χ2v) is 4.23. The van der Waals surface area contributed by atoms with Crippen LogP contribution in [0.4, 0.5) is 5.69 Å². The predicted octanol–water partition coefficient (Wildman–Crippen LogP) is 2.92. The average molecular weight is 240 g/mol. The third-order valence-corrected chi connectivity index (χ3v) is 3.00. The first kappa shape index (κ1) is 10.4. The third-order valence-electron chi connectivity index (χ3n) is 2.11. The average Bonchev–Trinajstić information content (AvgIpc) is 2.65. The van der Waals surface area contributed by atoms with Gasteiger partial charge in [0.05, 0.1) is 11.7 Å². The van der Waals surface area contributed by atoms with Crippen LogP contribution < -0.4 is 4.90 Å². The van der Waals surface area contributed by atoms with E-state index in [1.165, 1.54) is 0 Å². The van der Waals surface area contributed by atoms with Gasteiger partial charge in [0, 0.05) is 25.3 Å². The zero-order valence-corrected chi connectivity index (χ0v) is 10.0. The molecular formula is C10H10ClN3S. The first-order valence-corrected chi connectivity index (χ1v) is 5.55. The van der Waals surface area contributed by atoms with Crippen molar-refractivity contribution in [2.24, 2.45) is 0 Å². The molecule has 0 aliphatic rings. The minimum absolute atomic E-state index is 0.470. The van der Waals surface area contributed by atoms with Gasteiger partial charge in [0.1, 0.15) is 5.69 Å². The van der Waals surface area contributed by atoms with Crippen molar-refractivity contribution in [3.8, 4) is 11.3 Å². The maximum atomic E-state index is 5.90. The number of nitrogens with zero attached hydrogens (tertiary/aromatic N) is 3. The van der Waals surface area contributed by atoms with Crippen LogP contribution in [0.2, 0.25) is 5.15 Å². The lowest BCUT2D eigenvalue weighted by molar-refractivity contribution is 1.13. The SMILES string of the molecule is CN(C)c1ccc(-c2nsnc2Cl)cc1. The molecule has 1 heterocycles. The van der Waals surface area contributed by atoms with Crippen molar-refractivity contribution in [2.45, 2.75) is 0 Å². The van der Waals surface area contributed by atoms with E-state index in [-0.39, 0.29) is 0 Å². The van der Waals surface area contributed by atoms with E-state index in [1.54, 1.807) is 0 Å². The molecule has 0 saturated carbocycles. The van der Waals surface area contributed by atoms with Crippen molar-refractivity contribution >= 4 is 29.0 Å². The van der Waals surface area contributed by atoms with Crippen LogP contribution >= 0.6 is 23.3 Å². The molecule has 78 valence electrons. The standard InChI is InChI=1S/C10H10ClN3S/c1-14(2)8-5-3-7(4-6-8)9-10(11)13-15-12-9/h3-6H,1-2H3. The van der Waals surface area contributed by atoms with Gasteiger partial charge in [-0.3, -0.25) is 0 Å². The molecule has 0 spiro atoms. The summed E-state index contributed by atoms with van der Waals surface area (Å²) in [7, 11) is 4.01. The molecule has 5 heteroatoms. The molecule has 2 aromatic rings. The Balaban J connectivity index is 2.36. The molecule has 2 rings (SSSR count). The molecular weight excluding hydrogens is 230 g/mol. The van der Waals surface area contributed by atoms with E-state index >= 15 is 0 Å². The molecule has 0 aliphatic carbocycles. The maximum absolute atomic E-state index is 5.90. The minimum atomic E-state index is 0.470. The van der Waals surface area contributed by atoms with Crippen molar-refractivity contribution in [2.75, 3.05) is 19.0 Å². The molecule has 1 aromatic carbocycles. The summed E-state index contributed by atoms with van der Waals surface area (Å²) in [6.45, 7) is 0. The van der Waals surface area contributed by atoms with Crippen LogP contribution in [-0.4, -0.2) is 22.8 Å². The van der Waals surface area contributed by atoms with E-state index < -0.39 is 0 Å². The number of hydrogen-bond acceptors (Lipinski definition) is 4. The zero-order chi connectivity index (χ0) is 10.8. The van der Waals surface area contributed by atoms with Crippen molar-refractivity contribution in [1.82, 2.24) is 8.75 Å². The maximum Gasteiger partial charge on any atom is 0.170 e. The monoisotopic (exact) mass is 239 g/mol. The predicted molar refractivity (Wildman–Crippen MR) is 64.7 cm³/mol. The van der Waals surface area contributed by atoms with Crippen LogP contribution in [0.1, 0.15) is 0 Å². The molecule has 3 nitrogen and oxygen atoms in total. The molecule has 0 saturated heterocycles. The molecule has 15 heavy (non-hydrogen) atoms. The highest BCUT2D eigenvalue weighted by molar-refractivity contribution is 6.99. The van der Waals surface area contributed by atoms with Crippen LogP contribution in [0.25, 0.3) is 11.3 Å². The first-order chi connectivity index (χ1) is 7.18. The highest BCUT2D eigenvalue weighted by Gasteiger charge is 2.07. The Hall–Kier alpha value is -1.13. The number of anilines is 1. The van der Waals surface area contributed by atoms with E-state index in [1.807, 2.05) is 43.3 Å². The molecule has 1 aromatic heterocycles. The van der Waals surface area contributed by atoms with Crippen LogP contribution in [0, 0.1) is 0 Å².